The molecule has 3 amide bonds. The molecule has 1 fully saturated rings. The van der Waals surface area contributed by atoms with Crippen LogP contribution in [0.15, 0.2) is 42.5 Å². The number of aromatic hydroxyl groups is 1. The highest BCUT2D eigenvalue weighted by Gasteiger charge is 2.58. The van der Waals surface area contributed by atoms with Gasteiger partial charge in [0.25, 0.3) is 5.91 Å². The van der Waals surface area contributed by atoms with Crippen molar-refractivity contribution in [3.8, 4) is 11.8 Å². The van der Waals surface area contributed by atoms with Crippen LogP contribution in [0.1, 0.15) is 16.7 Å². The molecule has 0 unspecified atom stereocenters. The molecule has 1 heterocycles. The number of nitrogens with zero attached hydrogens (tertiary/aromatic N) is 3. The summed E-state index contributed by atoms with van der Waals surface area (Å²) in [5, 5.41) is 18.3. The number of imide groups is 1. The van der Waals surface area contributed by atoms with Crippen molar-refractivity contribution in [2.75, 3.05) is 18.6 Å². The van der Waals surface area contributed by atoms with Gasteiger partial charge in [-0.05, 0) is 35.9 Å². The second kappa shape index (κ2) is 6.77. The summed E-state index contributed by atoms with van der Waals surface area (Å²) >= 11 is 0. The second-order valence-electron chi connectivity index (χ2n) is 6.36. The minimum atomic E-state index is -4.90. The van der Waals surface area contributed by atoms with Crippen LogP contribution in [0.5, 0.6) is 5.75 Å². The number of likely N-dealkylation sites (N-methyl/N-ethyl adjacent to an activating group) is 1. The fourth-order valence-corrected chi connectivity index (χ4v) is 3.24. The van der Waals surface area contributed by atoms with E-state index in [-0.39, 0.29) is 11.3 Å². The van der Waals surface area contributed by atoms with Crippen molar-refractivity contribution in [3.63, 3.8) is 0 Å². The molecule has 6 nitrogen and oxygen atoms in total. The maximum atomic E-state index is 14.2. The summed E-state index contributed by atoms with van der Waals surface area (Å²) in [6, 6.07) is 7.64. The second-order valence-corrected chi connectivity index (χ2v) is 6.36. The number of amides is 3. The third kappa shape index (κ3) is 2.95. The lowest BCUT2D eigenvalue weighted by atomic mass is 9.89. The van der Waals surface area contributed by atoms with Gasteiger partial charge in [0.05, 0.1) is 22.9 Å². The molecule has 0 saturated carbocycles. The Bertz CT molecular complexity index is 1030. The molecule has 0 aliphatic carbocycles. The Kier molecular flexibility index (Phi) is 4.70. The van der Waals surface area contributed by atoms with Gasteiger partial charge in [-0.25, -0.2) is 14.1 Å². The Morgan fingerprint density at radius 1 is 1.14 bits per heavy atom. The smallest absolute Gasteiger partial charge is 0.417 e. The number of anilines is 1. The Labute approximate surface area is 162 Å². The van der Waals surface area contributed by atoms with Crippen LogP contribution in [0.4, 0.5) is 28.0 Å². The van der Waals surface area contributed by atoms with E-state index < -0.39 is 47.1 Å². The van der Waals surface area contributed by atoms with Crippen molar-refractivity contribution in [2.45, 2.75) is 11.7 Å². The van der Waals surface area contributed by atoms with Crippen molar-refractivity contribution in [2.24, 2.45) is 0 Å². The number of carbonyl (C=O) groups is 2. The molecule has 0 spiro atoms. The van der Waals surface area contributed by atoms with Crippen LogP contribution < -0.4 is 4.90 Å². The summed E-state index contributed by atoms with van der Waals surface area (Å²) in [5.41, 5.74) is -4.48. The van der Waals surface area contributed by atoms with Crippen LogP contribution >= 0.6 is 0 Å². The molecule has 150 valence electrons. The standard InChI is InChI=1S/C19H13F4N3O3/c1-25-17(29)26(13-5-2-11(9-24)15(8-13)19(21,22)23)16(28)18(25,10-20)12-3-6-14(27)7-4-12/h2-8,27H,10H2,1H3/t18-/m1/s1. The number of phenolic OH excluding ortho intramolecular Hbond substituents is 1. The number of nitriles is 1. The number of alkyl halides is 4. The van der Waals surface area contributed by atoms with Crippen LogP contribution in [0.2, 0.25) is 0 Å². The Morgan fingerprint density at radius 2 is 1.76 bits per heavy atom. The monoisotopic (exact) mass is 407 g/mol. The highest BCUT2D eigenvalue weighted by atomic mass is 19.4. The van der Waals surface area contributed by atoms with Gasteiger partial charge in [0.1, 0.15) is 12.4 Å². The largest absolute Gasteiger partial charge is 0.508 e. The summed E-state index contributed by atoms with van der Waals surface area (Å²) in [5.74, 6) is -1.24. The first-order valence-corrected chi connectivity index (χ1v) is 8.17. The number of carbonyl (C=O) groups excluding carboxylic acids is 2. The number of hydrogen-bond acceptors (Lipinski definition) is 4. The van der Waals surface area contributed by atoms with Crippen LogP contribution in [0.3, 0.4) is 0 Å². The first kappa shape index (κ1) is 20.1. The van der Waals surface area contributed by atoms with E-state index >= 15 is 0 Å². The van der Waals surface area contributed by atoms with Crippen LogP contribution in [0.25, 0.3) is 0 Å². The molecule has 1 aliphatic heterocycles. The van der Waals surface area contributed by atoms with Gasteiger partial charge in [0.2, 0.25) is 0 Å². The molecule has 29 heavy (non-hydrogen) atoms. The molecule has 3 rings (SSSR count). The van der Waals surface area contributed by atoms with Gasteiger partial charge in [-0.15, -0.1) is 0 Å². The minimum Gasteiger partial charge on any atom is -0.508 e. The maximum Gasteiger partial charge on any atom is 0.417 e. The number of rotatable bonds is 3. The summed E-state index contributed by atoms with van der Waals surface area (Å²) in [7, 11) is 1.15. The van der Waals surface area contributed by atoms with Crippen LogP contribution in [-0.4, -0.2) is 35.7 Å². The third-order valence-electron chi connectivity index (χ3n) is 4.83. The molecular weight excluding hydrogens is 394 g/mol. The van der Waals surface area contributed by atoms with E-state index in [0.717, 1.165) is 24.1 Å². The zero-order valence-electron chi connectivity index (χ0n) is 14.9. The highest BCUT2D eigenvalue weighted by molar-refractivity contribution is 6.23. The molecule has 0 aromatic heterocycles. The molecule has 1 atom stereocenters. The van der Waals surface area contributed by atoms with E-state index in [0.29, 0.717) is 11.0 Å². The Balaban J connectivity index is 2.16. The first-order chi connectivity index (χ1) is 13.6. The number of phenols is 1. The fraction of sp³-hybridized carbons (Fsp3) is 0.211. The fourth-order valence-electron chi connectivity index (χ4n) is 3.24. The van der Waals surface area contributed by atoms with E-state index in [4.69, 9.17) is 5.26 Å². The van der Waals surface area contributed by atoms with Gasteiger partial charge in [-0.1, -0.05) is 12.1 Å². The third-order valence-corrected chi connectivity index (χ3v) is 4.83. The zero-order chi connectivity index (χ0) is 21.6. The molecule has 1 N–H and O–H groups in total. The van der Waals surface area contributed by atoms with Crippen LogP contribution in [-0.2, 0) is 16.5 Å². The zero-order valence-corrected chi connectivity index (χ0v) is 14.9. The summed E-state index contributed by atoms with van der Waals surface area (Å²) < 4.78 is 53.9. The molecule has 10 heteroatoms. The van der Waals surface area contributed by atoms with Crippen molar-refractivity contribution < 1.29 is 32.3 Å². The topological polar surface area (TPSA) is 84.6 Å². The SMILES string of the molecule is CN1C(=O)N(c2ccc(C#N)c(C(F)(F)F)c2)C(=O)[C@@]1(CF)c1ccc(O)cc1. The van der Waals surface area contributed by atoms with Crippen LogP contribution in [0, 0.1) is 11.3 Å². The Morgan fingerprint density at radius 3 is 2.28 bits per heavy atom. The van der Waals surface area contributed by atoms with Gasteiger partial charge < -0.3 is 10.0 Å². The maximum absolute atomic E-state index is 14.2. The summed E-state index contributed by atoms with van der Waals surface area (Å²) in [6.07, 6.45) is -4.90. The van der Waals surface area contributed by atoms with Gasteiger partial charge >= 0.3 is 12.2 Å². The molecule has 1 aliphatic rings. The van der Waals surface area contributed by atoms with Crippen molar-refractivity contribution in [1.82, 2.24) is 4.90 Å². The molecule has 0 radical (unpaired) electrons. The van der Waals surface area contributed by atoms with E-state index in [1.807, 2.05) is 0 Å². The lowest BCUT2D eigenvalue weighted by molar-refractivity contribution is -0.137. The van der Waals surface area contributed by atoms with Gasteiger partial charge in [0, 0.05) is 7.05 Å². The van der Waals surface area contributed by atoms with Gasteiger partial charge in [-0.2, -0.15) is 18.4 Å². The van der Waals surface area contributed by atoms with Crippen molar-refractivity contribution >= 4 is 17.6 Å². The van der Waals surface area contributed by atoms with Crippen molar-refractivity contribution in [3.05, 3.63) is 59.2 Å². The average molecular weight is 407 g/mol. The van der Waals surface area contributed by atoms with E-state index in [2.05, 4.69) is 0 Å². The minimum absolute atomic E-state index is 0.0471. The lowest BCUT2D eigenvalue weighted by Gasteiger charge is -2.30. The number of benzene rings is 2. The van der Waals surface area contributed by atoms with E-state index in [1.165, 1.54) is 30.3 Å². The normalized spacial score (nSPS) is 19.6. The molecular formula is C19H13F4N3O3. The van der Waals surface area contributed by atoms with Gasteiger partial charge in [0.15, 0.2) is 5.54 Å². The predicted molar refractivity (Wildman–Crippen MR) is 92.6 cm³/mol. The number of halogens is 4. The van der Waals surface area contributed by atoms with Crippen molar-refractivity contribution in [1.29, 1.82) is 5.26 Å². The number of hydrogen-bond donors (Lipinski definition) is 1. The highest BCUT2D eigenvalue weighted by Crippen LogP contribution is 2.41. The van der Waals surface area contributed by atoms with E-state index in [1.54, 1.807) is 0 Å². The molecule has 0 bridgehead atoms. The molecule has 2 aromatic carbocycles. The molecule has 1 saturated heterocycles. The summed E-state index contributed by atoms with van der Waals surface area (Å²) in [4.78, 5) is 27.1. The Hall–Kier alpha value is -3.61. The lowest BCUT2D eigenvalue weighted by Crippen LogP contribution is -2.47. The molecule has 2 aromatic rings. The summed E-state index contributed by atoms with van der Waals surface area (Å²) in [6.45, 7) is -1.34. The predicted octanol–water partition coefficient (Wildman–Crippen LogP) is 3.55. The average Bonchev–Trinajstić information content (AvgIpc) is 2.88. The van der Waals surface area contributed by atoms with Gasteiger partial charge in [-0.3, -0.25) is 4.79 Å². The number of urea groups is 1. The first-order valence-electron chi connectivity index (χ1n) is 8.17. The van der Waals surface area contributed by atoms with E-state index in [9.17, 15) is 32.3 Å². The quantitative estimate of drug-likeness (QED) is 0.623.